The van der Waals surface area contributed by atoms with Crippen LogP contribution in [-0.2, 0) is 0 Å². The highest BCUT2D eigenvalue weighted by atomic mass is 35.5. The van der Waals surface area contributed by atoms with Gasteiger partial charge in [-0.15, -0.1) is 0 Å². The summed E-state index contributed by atoms with van der Waals surface area (Å²) in [6.45, 7) is 3.69. The standard InChI is InChI=1S/C15H19ClN6O/c1-2-3-5-18-9-12(17)14-19-15(23-21-14)13-8-11-7-10(16)4-6-22(11)20-13/h4,6-8,12,18H,2-3,5,9,17H2,1H3. The van der Waals surface area contributed by atoms with E-state index in [4.69, 9.17) is 21.9 Å². The summed E-state index contributed by atoms with van der Waals surface area (Å²) in [6.07, 6.45) is 4.04. The summed E-state index contributed by atoms with van der Waals surface area (Å²) in [6, 6.07) is 5.12. The van der Waals surface area contributed by atoms with Crippen molar-refractivity contribution in [2.24, 2.45) is 5.73 Å². The Balaban J connectivity index is 1.72. The van der Waals surface area contributed by atoms with Crippen molar-refractivity contribution >= 4 is 17.1 Å². The van der Waals surface area contributed by atoms with Crippen LogP contribution in [0, 0.1) is 0 Å². The first-order chi connectivity index (χ1) is 11.2. The van der Waals surface area contributed by atoms with Crippen molar-refractivity contribution < 1.29 is 4.52 Å². The van der Waals surface area contributed by atoms with Crippen molar-refractivity contribution in [2.45, 2.75) is 25.8 Å². The van der Waals surface area contributed by atoms with E-state index in [0.717, 1.165) is 24.9 Å². The van der Waals surface area contributed by atoms with Gasteiger partial charge in [0.25, 0.3) is 5.89 Å². The van der Waals surface area contributed by atoms with Crippen LogP contribution in [0.5, 0.6) is 0 Å². The van der Waals surface area contributed by atoms with E-state index >= 15 is 0 Å². The van der Waals surface area contributed by atoms with Gasteiger partial charge in [-0.25, -0.2) is 4.52 Å². The minimum atomic E-state index is -0.309. The Hall–Kier alpha value is -1.96. The molecule has 8 heteroatoms. The Labute approximate surface area is 138 Å². The largest absolute Gasteiger partial charge is 0.332 e. The second kappa shape index (κ2) is 7.08. The average Bonchev–Trinajstić information content (AvgIpc) is 3.17. The molecule has 0 bridgehead atoms. The zero-order valence-electron chi connectivity index (χ0n) is 12.9. The number of hydrogen-bond acceptors (Lipinski definition) is 6. The Kier molecular flexibility index (Phi) is 4.90. The molecule has 3 rings (SSSR count). The van der Waals surface area contributed by atoms with E-state index in [9.17, 15) is 0 Å². The predicted molar refractivity (Wildman–Crippen MR) is 88.2 cm³/mol. The Morgan fingerprint density at radius 1 is 1.43 bits per heavy atom. The second-order valence-electron chi connectivity index (χ2n) is 5.37. The van der Waals surface area contributed by atoms with Gasteiger partial charge < -0.3 is 15.6 Å². The highest BCUT2D eigenvalue weighted by Crippen LogP contribution is 2.21. The van der Waals surface area contributed by atoms with Crippen molar-refractivity contribution in [3.63, 3.8) is 0 Å². The lowest BCUT2D eigenvalue weighted by Crippen LogP contribution is -2.28. The molecule has 0 aliphatic heterocycles. The summed E-state index contributed by atoms with van der Waals surface area (Å²) in [4.78, 5) is 4.35. The number of nitrogens with zero attached hydrogens (tertiary/aromatic N) is 4. The molecule has 122 valence electrons. The number of fused-ring (bicyclic) bond motifs is 1. The molecule has 0 amide bonds. The van der Waals surface area contributed by atoms with Gasteiger partial charge in [-0.1, -0.05) is 30.1 Å². The molecule has 3 aromatic heterocycles. The molecule has 3 aromatic rings. The highest BCUT2D eigenvalue weighted by molar-refractivity contribution is 6.30. The molecule has 0 saturated heterocycles. The molecule has 1 unspecified atom stereocenters. The van der Waals surface area contributed by atoms with Crippen LogP contribution in [0.2, 0.25) is 5.02 Å². The van der Waals surface area contributed by atoms with Gasteiger partial charge >= 0.3 is 0 Å². The van der Waals surface area contributed by atoms with Crippen molar-refractivity contribution in [3.05, 3.63) is 35.2 Å². The predicted octanol–water partition coefficient (Wildman–Crippen LogP) is 2.43. The fourth-order valence-electron chi connectivity index (χ4n) is 2.21. The third-order valence-electron chi connectivity index (χ3n) is 3.49. The maximum atomic E-state index is 6.07. The fourth-order valence-corrected chi connectivity index (χ4v) is 2.38. The van der Waals surface area contributed by atoms with Crippen LogP contribution in [0.1, 0.15) is 31.6 Å². The lowest BCUT2D eigenvalue weighted by atomic mass is 10.3. The number of pyridine rings is 1. The van der Waals surface area contributed by atoms with Gasteiger partial charge in [0.1, 0.15) is 0 Å². The number of halogens is 1. The zero-order chi connectivity index (χ0) is 16.2. The third kappa shape index (κ3) is 3.69. The van der Waals surface area contributed by atoms with Gasteiger partial charge in [-0.3, -0.25) is 0 Å². The van der Waals surface area contributed by atoms with Gasteiger partial charge in [-0.2, -0.15) is 10.1 Å². The van der Waals surface area contributed by atoms with Crippen LogP contribution in [-0.4, -0.2) is 32.8 Å². The molecule has 3 N–H and O–H groups in total. The first kappa shape index (κ1) is 15.9. The van der Waals surface area contributed by atoms with Gasteiger partial charge in [0, 0.05) is 17.8 Å². The molecule has 23 heavy (non-hydrogen) atoms. The van der Waals surface area contributed by atoms with E-state index in [-0.39, 0.29) is 6.04 Å². The van der Waals surface area contributed by atoms with Crippen LogP contribution < -0.4 is 11.1 Å². The van der Waals surface area contributed by atoms with Crippen LogP contribution in [0.15, 0.2) is 28.9 Å². The van der Waals surface area contributed by atoms with Crippen molar-refractivity contribution in [3.8, 4) is 11.6 Å². The quantitative estimate of drug-likeness (QED) is 0.644. The number of unbranched alkanes of at least 4 members (excludes halogenated alkanes) is 1. The molecule has 7 nitrogen and oxygen atoms in total. The van der Waals surface area contributed by atoms with Crippen molar-refractivity contribution in [1.82, 2.24) is 25.1 Å². The summed E-state index contributed by atoms with van der Waals surface area (Å²) in [5, 5.41) is 12.3. The summed E-state index contributed by atoms with van der Waals surface area (Å²) < 4.78 is 6.99. The molecule has 0 aliphatic carbocycles. The van der Waals surface area contributed by atoms with Crippen LogP contribution in [0.3, 0.4) is 0 Å². The lowest BCUT2D eigenvalue weighted by Gasteiger charge is -2.07. The number of nitrogens with two attached hydrogens (primary N) is 1. The van der Waals surface area contributed by atoms with E-state index in [1.165, 1.54) is 0 Å². The Bertz CT molecular complexity index is 783. The third-order valence-corrected chi connectivity index (χ3v) is 3.72. The van der Waals surface area contributed by atoms with E-state index in [0.29, 0.717) is 29.0 Å². The minimum absolute atomic E-state index is 0.309. The lowest BCUT2D eigenvalue weighted by molar-refractivity contribution is 0.412. The van der Waals surface area contributed by atoms with Crippen molar-refractivity contribution in [2.75, 3.05) is 13.1 Å². The van der Waals surface area contributed by atoms with Gasteiger partial charge in [0.05, 0.1) is 11.6 Å². The molecule has 0 spiro atoms. The van der Waals surface area contributed by atoms with E-state index < -0.39 is 0 Å². The smallest absolute Gasteiger partial charge is 0.278 e. The van der Waals surface area contributed by atoms with Crippen LogP contribution >= 0.6 is 11.6 Å². The first-order valence-corrected chi connectivity index (χ1v) is 8.00. The SMILES string of the molecule is CCCCNCC(N)c1noc(-c2cc3cc(Cl)ccn3n2)n1. The van der Waals surface area contributed by atoms with Crippen molar-refractivity contribution in [1.29, 1.82) is 0 Å². The summed E-state index contributed by atoms with van der Waals surface area (Å²) in [5.74, 6) is 0.822. The molecule has 0 aromatic carbocycles. The maximum Gasteiger partial charge on any atom is 0.278 e. The molecule has 0 fully saturated rings. The zero-order valence-corrected chi connectivity index (χ0v) is 13.6. The topological polar surface area (TPSA) is 94.3 Å². The summed E-state index contributed by atoms with van der Waals surface area (Å²) in [5.41, 5.74) is 7.53. The Morgan fingerprint density at radius 3 is 3.13 bits per heavy atom. The molecule has 0 saturated carbocycles. The molecule has 0 aliphatic rings. The van der Waals surface area contributed by atoms with Crippen LogP contribution in [0.25, 0.3) is 17.1 Å². The molecule has 1 atom stereocenters. The van der Waals surface area contributed by atoms with E-state index in [1.54, 1.807) is 16.8 Å². The molecule has 0 radical (unpaired) electrons. The average molecular weight is 335 g/mol. The van der Waals surface area contributed by atoms with Gasteiger partial charge in [-0.05, 0) is 31.2 Å². The first-order valence-electron chi connectivity index (χ1n) is 7.62. The Morgan fingerprint density at radius 2 is 2.30 bits per heavy atom. The molecule has 3 heterocycles. The van der Waals surface area contributed by atoms with Gasteiger partial charge in [0.2, 0.25) is 0 Å². The minimum Gasteiger partial charge on any atom is -0.332 e. The number of aromatic nitrogens is 4. The monoisotopic (exact) mass is 334 g/mol. The number of rotatable bonds is 7. The van der Waals surface area contributed by atoms with Crippen LogP contribution in [0.4, 0.5) is 0 Å². The van der Waals surface area contributed by atoms with Gasteiger partial charge in [0.15, 0.2) is 11.5 Å². The van der Waals surface area contributed by atoms with E-state index in [1.807, 2.05) is 12.1 Å². The fraction of sp³-hybridized carbons (Fsp3) is 0.400. The summed E-state index contributed by atoms with van der Waals surface area (Å²) in [7, 11) is 0. The summed E-state index contributed by atoms with van der Waals surface area (Å²) >= 11 is 5.97. The number of hydrogen-bond donors (Lipinski definition) is 2. The maximum absolute atomic E-state index is 6.07. The van der Waals surface area contributed by atoms with E-state index in [2.05, 4.69) is 27.5 Å². The molecular formula is C15H19ClN6O. The normalized spacial score (nSPS) is 12.8. The second-order valence-corrected chi connectivity index (χ2v) is 5.80. The highest BCUT2D eigenvalue weighted by Gasteiger charge is 2.17. The number of nitrogens with one attached hydrogen (secondary N) is 1. The molecular weight excluding hydrogens is 316 g/mol.